The van der Waals surface area contributed by atoms with Crippen molar-refractivity contribution in [2.75, 3.05) is 20.3 Å². The van der Waals surface area contributed by atoms with Crippen molar-refractivity contribution in [1.82, 2.24) is 0 Å². The summed E-state index contributed by atoms with van der Waals surface area (Å²) in [6.45, 7) is -1.02. The molecule has 230 valence electrons. The van der Waals surface area contributed by atoms with Crippen LogP contribution in [-0.2, 0) is 23.7 Å². The zero-order chi connectivity index (χ0) is 30.7. The van der Waals surface area contributed by atoms with E-state index in [2.05, 4.69) is 0 Å². The average Bonchev–Trinajstić information content (AvgIpc) is 2.98. The van der Waals surface area contributed by atoms with E-state index in [1.807, 2.05) is 0 Å². The standard InChI is InChI=1S/C26H30O16/c1-37-24(36)11-4-2-3-5-14(11)41-26-22(34)20(32)18(30)16(42-26)9-39-25-21(33)19(31)15(8-38-25)40-23(35)10-6-12(27)17(29)13(28)7-10/h2-7,15-16,18-22,25-34H,8-9H2,1H3/t15-,16+,18+,19-,20-,21+,22+,25?,26+/m0/s1. The third-order valence-electron chi connectivity index (χ3n) is 6.63. The van der Waals surface area contributed by atoms with Gasteiger partial charge in [0.2, 0.25) is 6.29 Å². The van der Waals surface area contributed by atoms with Gasteiger partial charge in [0.05, 0.1) is 25.9 Å². The number of phenolic OH excluding ortho intramolecular Hbond substituents is 3. The Bertz CT molecular complexity index is 1250. The molecule has 2 aromatic carbocycles. The van der Waals surface area contributed by atoms with E-state index in [1.54, 1.807) is 12.1 Å². The molecule has 2 aliphatic heterocycles. The number of aliphatic hydroxyl groups is 5. The maximum Gasteiger partial charge on any atom is 0.341 e. The second kappa shape index (κ2) is 13.1. The first-order chi connectivity index (χ1) is 19.9. The van der Waals surface area contributed by atoms with Gasteiger partial charge < -0.3 is 69.3 Å². The third kappa shape index (κ3) is 6.50. The normalized spacial score (nSPS) is 31.2. The maximum absolute atomic E-state index is 12.4. The van der Waals surface area contributed by atoms with Crippen molar-refractivity contribution in [3.8, 4) is 23.0 Å². The Morgan fingerprint density at radius 3 is 2.17 bits per heavy atom. The Kier molecular flexibility index (Phi) is 9.70. The highest BCUT2D eigenvalue weighted by molar-refractivity contribution is 5.92. The van der Waals surface area contributed by atoms with E-state index >= 15 is 0 Å². The van der Waals surface area contributed by atoms with E-state index in [4.69, 9.17) is 28.4 Å². The number of aliphatic hydroxyl groups excluding tert-OH is 5. The molecule has 2 heterocycles. The highest BCUT2D eigenvalue weighted by atomic mass is 16.7. The summed E-state index contributed by atoms with van der Waals surface area (Å²) < 4.78 is 31.7. The number of carbonyl (C=O) groups excluding carboxylic acids is 2. The lowest BCUT2D eigenvalue weighted by Crippen LogP contribution is -2.61. The van der Waals surface area contributed by atoms with Gasteiger partial charge in [-0.3, -0.25) is 0 Å². The van der Waals surface area contributed by atoms with Crippen LogP contribution in [0.4, 0.5) is 0 Å². The van der Waals surface area contributed by atoms with Gasteiger partial charge in [-0.05, 0) is 24.3 Å². The minimum absolute atomic E-state index is 0.00574. The number of esters is 2. The quantitative estimate of drug-likeness (QED) is 0.122. The third-order valence-corrected chi connectivity index (χ3v) is 6.63. The number of phenols is 3. The summed E-state index contributed by atoms with van der Waals surface area (Å²) in [4.78, 5) is 24.4. The molecule has 0 radical (unpaired) electrons. The number of rotatable bonds is 8. The second-order valence-corrected chi connectivity index (χ2v) is 9.44. The van der Waals surface area contributed by atoms with Gasteiger partial charge in [0, 0.05) is 0 Å². The van der Waals surface area contributed by atoms with Gasteiger partial charge in [0.15, 0.2) is 29.6 Å². The van der Waals surface area contributed by atoms with Gasteiger partial charge in [-0.15, -0.1) is 0 Å². The first-order valence-electron chi connectivity index (χ1n) is 12.5. The van der Waals surface area contributed by atoms with Crippen LogP contribution in [0, 0.1) is 0 Å². The Labute approximate surface area is 237 Å². The number of aromatic hydroxyl groups is 3. The molecule has 0 amide bonds. The number of methoxy groups -OCH3 is 1. The summed E-state index contributed by atoms with van der Waals surface area (Å²) in [6.07, 6.45) is -14.6. The van der Waals surface area contributed by atoms with E-state index in [9.17, 15) is 50.4 Å². The molecule has 8 N–H and O–H groups in total. The van der Waals surface area contributed by atoms with Gasteiger partial charge in [0.1, 0.15) is 47.9 Å². The first kappa shape index (κ1) is 31.2. The highest BCUT2D eigenvalue weighted by Gasteiger charge is 2.47. The van der Waals surface area contributed by atoms with Crippen LogP contribution < -0.4 is 4.74 Å². The van der Waals surface area contributed by atoms with Gasteiger partial charge in [-0.1, -0.05) is 12.1 Å². The van der Waals surface area contributed by atoms with Crippen LogP contribution in [0.15, 0.2) is 36.4 Å². The van der Waals surface area contributed by atoms with Crippen molar-refractivity contribution in [2.45, 2.75) is 55.3 Å². The van der Waals surface area contributed by atoms with Crippen LogP contribution in [0.1, 0.15) is 20.7 Å². The van der Waals surface area contributed by atoms with Crippen molar-refractivity contribution in [2.24, 2.45) is 0 Å². The SMILES string of the molecule is COC(=O)c1ccccc1O[C@@H]1O[C@H](COC2OC[C@H](OC(=O)c3cc(O)c(O)c(O)c3)[C@H](O)[C@H]2O)[C@@H](O)[C@H](O)[C@H]1O. The summed E-state index contributed by atoms with van der Waals surface area (Å²) in [5.74, 6) is -4.32. The molecule has 2 saturated heterocycles. The van der Waals surface area contributed by atoms with Crippen LogP contribution in [-0.4, -0.2) is 128 Å². The molecule has 0 spiro atoms. The van der Waals surface area contributed by atoms with E-state index in [0.717, 1.165) is 19.2 Å². The molecule has 16 nitrogen and oxygen atoms in total. The second-order valence-electron chi connectivity index (χ2n) is 9.44. The highest BCUT2D eigenvalue weighted by Crippen LogP contribution is 2.36. The number of ether oxygens (including phenoxy) is 6. The fraction of sp³-hybridized carbons (Fsp3) is 0.462. The van der Waals surface area contributed by atoms with Crippen LogP contribution in [0.2, 0.25) is 0 Å². The lowest BCUT2D eigenvalue weighted by molar-refractivity contribution is -0.307. The van der Waals surface area contributed by atoms with Gasteiger partial charge in [0.25, 0.3) is 0 Å². The van der Waals surface area contributed by atoms with Crippen LogP contribution in [0.3, 0.4) is 0 Å². The summed E-state index contributed by atoms with van der Waals surface area (Å²) >= 11 is 0. The fourth-order valence-corrected chi connectivity index (χ4v) is 4.26. The molecule has 0 aliphatic carbocycles. The molecule has 2 fully saturated rings. The van der Waals surface area contributed by atoms with E-state index in [0.29, 0.717) is 0 Å². The van der Waals surface area contributed by atoms with E-state index < -0.39 is 97.7 Å². The fourth-order valence-electron chi connectivity index (χ4n) is 4.26. The Balaban J connectivity index is 1.36. The topological polar surface area (TPSA) is 251 Å². The molecule has 9 atom stereocenters. The summed E-state index contributed by atoms with van der Waals surface area (Å²) in [7, 11) is 1.16. The number of benzene rings is 2. The molecule has 2 aromatic rings. The zero-order valence-corrected chi connectivity index (χ0v) is 21.9. The number of hydrogen-bond donors (Lipinski definition) is 8. The van der Waals surface area contributed by atoms with Crippen molar-refractivity contribution in [3.63, 3.8) is 0 Å². The predicted molar refractivity (Wildman–Crippen MR) is 133 cm³/mol. The smallest absolute Gasteiger partial charge is 0.341 e. The van der Waals surface area contributed by atoms with Gasteiger partial charge in [-0.25, -0.2) is 9.59 Å². The van der Waals surface area contributed by atoms with Gasteiger partial charge in [-0.2, -0.15) is 0 Å². The molecule has 2 aliphatic rings. The van der Waals surface area contributed by atoms with Crippen LogP contribution >= 0.6 is 0 Å². The number of carbonyl (C=O) groups is 2. The number of para-hydroxylation sites is 1. The zero-order valence-electron chi connectivity index (χ0n) is 21.9. The van der Waals surface area contributed by atoms with Crippen molar-refractivity contribution in [3.05, 3.63) is 47.5 Å². The summed E-state index contributed by atoms with van der Waals surface area (Å²) in [6, 6.07) is 7.53. The molecular formula is C26H30O16. The van der Waals surface area contributed by atoms with Crippen molar-refractivity contribution < 1.29 is 78.9 Å². The van der Waals surface area contributed by atoms with Crippen LogP contribution in [0.25, 0.3) is 0 Å². The molecule has 0 bridgehead atoms. The summed E-state index contributed by atoms with van der Waals surface area (Å²) in [5.41, 5.74) is -0.357. The predicted octanol–water partition coefficient (Wildman–Crippen LogP) is -1.90. The lowest BCUT2D eigenvalue weighted by Gasteiger charge is -2.41. The number of hydrogen-bond acceptors (Lipinski definition) is 16. The molecule has 4 rings (SSSR count). The largest absolute Gasteiger partial charge is 0.504 e. The van der Waals surface area contributed by atoms with E-state index in [1.165, 1.54) is 12.1 Å². The molecule has 0 saturated carbocycles. The Morgan fingerprint density at radius 1 is 0.857 bits per heavy atom. The monoisotopic (exact) mass is 598 g/mol. The van der Waals surface area contributed by atoms with Crippen molar-refractivity contribution >= 4 is 11.9 Å². The molecule has 16 heteroatoms. The Hall–Kier alpha value is -3.74. The molecular weight excluding hydrogens is 568 g/mol. The Morgan fingerprint density at radius 2 is 1.50 bits per heavy atom. The maximum atomic E-state index is 12.4. The first-order valence-corrected chi connectivity index (χ1v) is 12.5. The molecule has 1 unspecified atom stereocenters. The minimum atomic E-state index is -1.78. The van der Waals surface area contributed by atoms with Crippen LogP contribution in [0.5, 0.6) is 23.0 Å². The molecule has 42 heavy (non-hydrogen) atoms. The summed E-state index contributed by atoms with van der Waals surface area (Å²) in [5, 5.41) is 80.7. The van der Waals surface area contributed by atoms with E-state index in [-0.39, 0.29) is 16.9 Å². The van der Waals surface area contributed by atoms with Gasteiger partial charge >= 0.3 is 11.9 Å². The lowest BCUT2D eigenvalue weighted by atomic mass is 9.99. The van der Waals surface area contributed by atoms with Crippen molar-refractivity contribution in [1.29, 1.82) is 0 Å². The molecule has 0 aromatic heterocycles. The minimum Gasteiger partial charge on any atom is -0.504 e. The average molecular weight is 599 g/mol.